The molecule has 1 amide bonds. The molecule has 2 aromatic rings. The average molecular weight is 317 g/mol. The lowest BCUT2D eigenvalue weighted by Gasteiger charge is -2.13. The van der Waals surface area contributed by atoms with Gasteiger partial charge in [0.1, 0.15) is 5.82 Å². The van der Waals surface area contributed by atoms with E-state index in [1.165, 1.54) is 0 Å². The number of carbonyl (C=O) groups is 1. The fraction of sp³-hybridized carbons (Fsp3) is 0.312. The third-order valence-corrected chi connectivity index (χ3v) is 3.78. The van der Waals surface area contributed by atoms with E-state index in [0.29, 0.717) is 28.3 Å². The van der Waals surface area contributed by atoms with Crippen molar-refractivity contribution in [1.82, 2.24) is 9.97 Å². The van der Waals surface area contributed by atoms with E-state index in [4.69, 9.17) is 11.6 Å². The number of pyridine rings is 2. The molecule has 1 saturated carbocycles. The van der Waals surface area contributed by atoms with E-state index in [0.717, 1.165) is 24.1 Å². The van der Waals surface area contributed by atoms with Crippen molar-refractivity contribution in [3.63, 3.8) is 0 Å². The van der Waals surface area contributed by atoms with Crippen LogP contribution in [0.2, 0.25) is 5.15 Å². The van der Waals surface area contributed by atoms with E-state index in [2.05, 4.69) is 20.6 Å². The Morgan fingerprint density at radius 3 is 2.82 bits per heavy atom. The number of nitrogens with one attached hydrogen (secondary N) is 2. The van der Waals surface area contributed by atoms with Gasteiger partial charge < -0.3 is 10.6 Å². The maximum Gasteiger partial charge on any atom is 0.259 e. The SMILES string of the molecule is Cc1cc(C)c(NC(=O)c2cccnc2NC2CC2)c(Cl)n1. The zero-order valence-electron chi connectivity index (χ0n) is 12.5. The topological polar surface area (TPSA) is 66.9 Å². The monoisotopic (exact) mass is 316 g/mol. The minimum absolute atomic E-state index is 0.244. The van der Waals surface area contributed by atoms with E-state index in [-0.39, 0.29) is 5.91 Å². The Hall–Kier alpha value is -2.14. The van der Waals surface area contributed by atoms with Crippen molar-refractivity contribution in [3.8, 4) is 0 Å². The summed E-state index contributed by atoms with van der Waals surface area (Å²) in [6, 6.07) is 5.80. The molecule has 0 spiro atoms. The second-order valence-corrected chi connectivity index (χ2v) is 5.88. The molecule has 5 nitrogen and oxygen atoms in total. The van der Waals surface area contributed by atoms with Crippen LogP contribution in [-0.2, 0) is 0 Å². The first kappa shape index (κ1) is 14.8. The highest BCUT2D eigenvalue weighted by atomic mass is 35.5. The van der Waals surface area contributed by atoms with Crippen molar-refractivity contribution < 1.29 is 4.79 Å². The number of halogens is 1. The number of anilines is 2. The highest BCUT2D eigenvalue weighted by molar-refractivity contribution is 6.33. The molecule has 0 radical (unpaired) electrons. The number of rotatable bonds is 4. The number of hydrogen-bond acceptors (Lipinski definition) is 4. The van der Waals surface area contributed by atoms with Gasteiger partial charge in [-0.15, -0.1) is 0 Å². The van der Waals surface area contributed by atoms with Crippen molar-refractivity contribution in [2.45, 2.75) is 32.7 Å². The average Bonchev–Trinajstić information content (AvgIpc) is 3.27. The first-order valence-electron chi connectivity index (χ1n) is 7.21. The number of nitrogens with zero attached hydrogens (tertiary/aromatic N) is 2. The van der Waals surface area contributed by atoms with Crippen LogP contribution in [0.4, 0.5) is 11.5 Å². The maximum atomic E-state index is 12.5. The molecule has 0 saturated heterocycles. The van der Waals surface area contributed by atoms with Crippen molar-refractivity contribution in [2.75, 3.05) is 10.6 Å². The Morgan fingerprint density at radius 1 is 1.36 bits per heavy atom. The Morgan fingerprint density at radius 2 is 2.14 bits per heavy atom. The van der Waals surface area contributed by atoms with Gasteiger partial charge in [-0.25, -0.2) is 9.97 Å². The van der Waals surface area contributed by atoms with Gasteiger partial charge in [0.2, 0.25) is 0 Å². The molecule has 2 N–H and O–H groups in total. The summed E-state index contributed by atoms with van der Waals surface area (Å²) in [5, 5.41) is 6.41. The summed E-state index contributed by atoms with van der Waals surface area (Å²) in [4.78, 5) is 21.0. The molecular formula is C16H17ClN4O. The predicted molar refractivity (Wildman–Crippen MR) is 87.6 cm³/mol. The first-order chi connectivity index (χ1) is 10.5. The molecule has 2 aromatic heterocycles. The van der Waals surface area contributed by atoms with Crippen LogP contribution in [0.3, 0.4) is 0 Å². The molecule has 2 heterocycles. The van der Waals surface area contributed by atoms with Gasteiger partial charge in [-0.2, -0.15) is 0 Å². The Labute approximate surface area is 134 Å². The number of aromatic nitrogens is 2. The lowest BCUT2D eigenvalue weighted by Crippen LogP contribution is -2.17. The third-order valence-electron chi connectivity index (χ3n) is 3.51. The fourth-order valence-electron chi connectivity index (χ4n) is 2.25. The van der Waals surface area contributed by atoms with Gasteiger partial charge in [-0.1, -0.05) is 11.6 Å². The molecule has 1 aliphatic carbocycles. The second-order valence-electron chi connectivity index (χ2n) is 5.52. The van der Waals surface area contributed by atoms with E-state index >= 15 is 0 Å². The molecule has 1 aliphatic rings. The molecule has 0 bridgehead atoms. The van der Waals surface area contributed by atoms with Crippen LogP contribution >= 0.6 is 11.6 Å². The molecule has 1 fully saturated rings. The summed E-state index contributed by atoms with van der Waals surface area (Å²) in [5.74, 6) is 0.364. The summed E-state index contributed by atoms with van der Waals surface area (Å²) in [6.45, 7) is 3.76. The van der Waals surface area contributed by atoms with Crippen LogP contribution in [-0.4, -0.2) is 21.9 Å². The molecule has 0 unspecified atom stereocenters. The second kappa shape index (κ2) is 5.93. The molecule has 0 aliphatic heterocycles. The van der Waals surface area contributed by atoms with Crippen molar-refractivity contribution in [3.05, 3.63) is 46.4 Å². The predicted octanol–water partition coefficient (Wildman–Crippen LogP) is 3.57. The molecule has 6 heteroatoms. The van der Waals surface area contributed by atoms with Gasteiger partial charge in [0, 0.05) is 17.9 Å². The smallest absolute Gasteiger partial charge is 0.259 e. The van der Waals surface area contributed by atoms with Crippen LogP contribution in [0, 0.1) is 13.8 Å². The largest absolute Gasteiger partial charge is 0.367 e. The number of aryl methyl sites for hydroxylation is 2. The summed E-state index contributed by atoms with van der Waals surface area (Å²) in [6.07, 6.45) is 3.90. The molecular weight excluding hydrogens is 300 g/mol. The first-order valence-corrected chi connectivity index (χ1v) is 7.59. The molecule has 0 atom stereocenters. The van der Waals surface area contributed by atoms with Gasteiger partial charge in [0.25, 0.3) is 5.91 Å². The van der Waals surface area contributed by atoms with Crippen molar-refractivity contribution >= 4 is 29.0 Å². The van der Waals surface area contributed by atoms with Gasteiger partial charge >= 0.3 is 0 Å². The van der Waals surface area contributed by atoms with E-state index in [1.807, 2.05) is 19.9 Å². The van der Waals surface area contributed by atoms with Gasteiger partial charge in [-0.05, 0) is 50.5 Å². The van der Waals surface area contributed by atoms with E-state index in [9.17, 15) is 4.79 Å². The fourth-order valence-corrected chi connectivity index (χ4v) is 2.58. The molecule has 0 aromatic carbocycles. The quantitative estimate of drug-likeness (QED) is 0.846. The Bertz CT molecular complexity index is 705. The van der Waals surface area contributed by atoms with Crippen LogP contribution in [0.5, 0.6) is 0 Å². The maximum absolute atomic E-state index is 12.5. The normalized spacial score (nSPS) is 13.8. The lowest BCUT2D eigenvalue weighted by molar-refractivity contribution is 0.102. The number of carbonyl (C=O) groups excluding carboxylic acids is 1. The zero-order chi connectivity index (χ0) is 15.7. The summed E-state index contributed by atoms with van der Waals surface area (Å²) in [7, 11) is 0. The van der Waals surface area contributed by atoms with E-state index in [1.54, 1.807) is 18.3 Å². The summed E-state index contributed by atoms with van der Waals surface area (Å²) >= 11 is 6.14. The highest BCUT2D eigenvalue weighted by Crippen LogP contribution is 2.28. The van der Waals surface area contributed by atoms with Gasteiger partial charge in [0.15, 0.2) is 5.15 Å². The summed E-state index contributed by atoms with van der Waals surface area (Å²) in [5.41, 5.74) is 2.74. The van der Waals surface area contributed by atoms with Gasteiger partial charge in [0.05, 0.1) is 11.3 Å². The zero-order valence-corrected chi connectivity index (χ0v) is 13.2. The Balaban J connectivity index is 1.86. The minimum Gasteiger partial charge on any atom is -0.367 e. The van der Waals surface area contributed by atoms with Crippen LogP contribution < -0.4 is 10.6 Å². The van der Waals surface area contributed by atoms with Crippen LogP contribution in [0.25, 0.3) is 0 Å². The molecule has 22 heavy (non-hydrogen) atoms. The summed E-state index contributed by atoms with van der Waals surface area (Å²) < 4.78 is 0. The van der Waals surface area contributed by atoms with Gasteiger partial charge in [-0.3, -0.25) is 4.79 Å². The highest BCUT2D eigenvalue weighted by Gasteiger charge is 2.24. The lowest BCUT2D eigenvalue weighted by atomic mass is 10.2. The van der Waals surface area contributed by atoms with Crippen LogP contribution in [0.15, 0.2) is 24.4 Å². The standard InChI is InChI=1S/C16H17ClN4O/c1-9-8-10(2)19-14(17)13(9)21-16(22)12-4-3-7-18-15(12)20-11-5-6-11/h3-4,7-8,11H,5-6H2,1-2H3,(H,18,20)(H,21,22). The molecule has 114 valence electrons. The van der Waals surface area contributed by atoms with Crippen LogP contribution in [0.1, 0.15) is 34.5 Å². The number of hydrogen-bond donors (Lipinski definition) is 2. The number of amides is 1. The Kier molecular flexibility index (Phi) is 3.98. The molecule has 3 rings (SSSR count). The van der Waals surface area contributed by atoms with Crippen molar-refractivity contribution in [2.24, 2.45) is 0 Å². The van der Waals surface area contributed by atoms with E-state index < -0.39 is 0 Å². The minimum atomic E-state index is -0.244. The third kappa shape index (κ3) is 3.20. The van der Waals surface area contributed by atoms with Crippen molar-refractivity contribution in [1.29, 1.82) is 0 Å².